The molecule has 0 aliphatic rings. The van der Waals surface area contributed by atoms with E-state index in [1.54, 1.807) is 6.08 Å². The highest BCUT2D eigenvalue weighted by atomic mass is 16.1. The predicted molar refractivity (Wildman–Crippen MR) is 48.9 cm³/mol. The first-order chi connectivity index (χ1) is 5.63. The van der Waals surface area contributed by atoms with Crippen LogP contribution in [0, 0.1) is 6.92 Å². The maximum atomic E-state index is 11.0. The van der Waals surface area contributed by atoms with Crippen LogP contribution in [0.5, 0.6) is 0 Å². The fourth-order valence-corrected chi connectivity index (χ4v) is 1.04. The highest BCUT2D eigenvalue weighted by Gasteiger charge is 2.01. The van der Waals surface area contributed by atoms with Gasteiger partial charge in [0.05, 0.1) is 0 Å². The molecule has 0 aromatic carbocycles. The van der Waals surface area contributed by atoms with Gasteiger partial charge in [0.25, 0.3) is 0 Å². The Morgan fingerprint density at radius 1 is 1.67 bits per heavy atom. The fourth-order valence-electron chi connectivity index (χ4n) is 1.04. The molecule has 0 radical (unpaired) electrons. The van der Waals surface area contributed by atoms with E-state index in [0.717, 1.165) is 11.3 Å². The Morgan fingerprint density at radius 2 is 2.33 bits per heavy atom. The van der Waals surface area contributed by atoms with Crippen LogP contribution in [0.15, 0.2) is 29.6 Å². The summed E-state index contributed by atoms with van der Waals surface area (Å²) in [4.78, 5) is 13.6. The molecular formula is C9H12N2O. The smallest absolute Gasteiger partial charge is 0.248 e. The molecule has 3 nitrogen and oxygen atoms in total. The van der Waals surface area contributed by atoms with Gasteiger partial charge >= 0.3 is 0 Å². The average Bonchev–Trinajstić information content (AvgIpc) is 2.01. The molecule has 1 aromatic rings. The topological polar surface area (TPSA) is 58.9 Å². The van der Waals surface area contributed by atoms with Gasteiger partial charge in [0.15, 0.2) is 0 Å². The van der Waals surface area contributed by atoms with E-state index >= 15 is 0 Å². The van der Waals surface area contributed by atoms with Crippen LogP contribution in [0.4, 0.5) is 0 Å². The summed E-state index contributed by atoms with van der Waals surface area (Å²) in [6, 6.07) is 3.07. The van der Waals surface area contributed by atoms with Crippen LogP contribution >= 0.6 is 0 Å². The van der Waals surface area contributed by atoms with Crippen molar-refractivity contribution >= 4 is 0 Å². The molecule has 1 unspecified atom stereocenters. The summed E-state index contributed by atoms with van der Waals surface area (Å²) in [5, 5.41) is 0. The number of aryl methyl sites for hydroxylation is 1. The van der Waals surface area contributed by atoms with Crippen LogP contribution in [-0.2, 0) is 0 Å². The molecule has 1 rings (SSSR count). The van der Waals surface area contributed by atoms with Crippen molar-refractivity contribution in [3.05, 3.63) is 46.4 Å². The van der Waals surface area contributed by atoms with Crippen LogP contribution in [0.25, 0.3) is 0 Å². The van der Waals surface area contributed by atoms with Gasteiger partial charge in [-0.05, 0) is 18.6 Å². The van der Waals surface area contributed by atoms with E-state index in [1.165, 1.54) is 6.07 Å². The molecule has 0 fully saturated rings. The van der Waals surface area contributed by atoms with Crippen molar-refractivity contribution in [2.45, 2.75) is 13.0 Å². The first-order valence-electron chi connectivity index (χ1n) is 3.72. The lowest BCUT2D eigenvalue weighted by molar-refractivity contribution is 0.899. The van der Waals surface area contributed by atoms with Gasteiger partial charge in [-0.3, -0.25) is 4.79 Å². The Bertz CT molecular complexity index is 341. The lowest BCUT2D eigenvalue weighted by atomic mass is 10.1. The average molecular weight is 164 g/mol. The Balaban J connectivity index is 3.17. The van der Waals surface area contributed by atoms with Crippen molar-refractivity contribution in [2.24, 2.45) is 5.73 Å². The highest BCUT2D eigenvalue weighted by molar-refractivity contribution is 5.22. The van der Waals surface area contributed by atoms with Crippen molar-refractivity contribution in [2.75, 3.05) is 0 Å². The third kappa shape index (κ3) is 1.83. The lowest BCUT2D eigenvalue weighted by Gasteiger charge is -2.05. The van der Waals surface area contributed by atoms with E-state index in [1.807, 2.05) is 13.0 Å². The quantitative estimate of drug-likeness (QED) is 0.637. The largest absolute Gasteiger partial charge is 0.326 e. The summed E-state index contributed by atoms with van der Waals surface area (Å²) in [6.07, 6.45) is 1.61. The molecule has 1 heterocycles. The second kappa shape index (κ2) is 3.36. The molecule has 64 valence electrons. The number of aromatic nitrogens is 1. The first kappa shape index (κ1) is 8.74. The molecule has 0 aliphatic carbocycles. The fraction of sp³-hybridized carbons (Fsp3) is 0.222. The van der Waals surface area contributed by atoms with Gasteiger partial charge in [-0.1, -0.05) is 6.08 Å². The van der Waals surface area contributed by atoms with E-state index in [2.05, 4.69) is 11.6 Å². The van der Waals surface area contributed by atoms with Crippen molar-refractivity contribution in [3.8, 4) is 0 Å². The zero-order valence-corrected chi connectivity index (χ0v) is 7.00. The van der Waals surface area contributed by atoms with Gasteiger partial charge in [-0.2, -0.15) is 0 Å². The SMILES string of the molecule is C=CC(N)c1cc(C)[nH]c(=O)c1. The Morgan fingerprint density at radius 3 is 2.83 bits per heavy atom. The molecule has 3 N–H and O–H groups in total. The van der Waals surface area contributed by atoms with E-state index in [0.29, 0.717) is 0 Å². The third-order valence-corrected chi connectivity index (χ3v) is 1.64. The Hall–Kier alpha value is -1.35. The first-order valence-corrected chi connectivity index (χ1v) is 3.72. The van der Waals surface area contributed by atoms with Gasteiger partial charge in [0, 0.05) is 17.8 Å². The summed E-state index contributed by atoms with van der Waals surface area (Å²) in [5.74, 6) is 0. The second-order valence-corrected chi connectivity index (χ2v) is 2.72. The van der Waals surface area contributed by atoms with Gasteiger partial charge in [0.2, 0.25) is 5.56 Å². The molecule has 1 aromatic heterocycles. The number of H-pyrrole nitrogens is 1. The minimum Gasteiger partial charge on any atom is -0.326 e. The number of nitrogens with two attached hydrogens (primary N) is 1. The number of hydrogen-bond acceptors (Lipinski definition) is 2. The molecule has 0 saturated heterocycles. The molecular weight excluding hydrogens is 152 g/mol. The normalized spacial score (nSPS) is 12.5. The summed E-state index contributed by atoms with van der Waals surface area (Å²) >= 11 is 0. The predicted octanol–water partition coefficient (Wildman–Crippen LogP) is 0.869. The van der Waals surface area contributed by atoms with Crippen molar-refractivity contribution in [3.63, 3.8) is 0 Å². The minimum absolute atomic E-state index is 0.123. The maximum Gasteiger partial charge on any atom is 0.248 e. The van der Waals surface area contributed by atoms with E-state index in [4.69, 9.17) is 5.73 Å². The zero-order chi connectivity index (χ0) is 9.14. The van der Waals surface area contributed by atoms with Gasteiger partial charge < -0.3 is 10.7 Å². The van der Waals surface area contributed by atoms with Gasteiger partial charge in [0.1, 0.15) is 0 Å². The molecule has 0 amide bonds. The molecule has 0 bridgehead atoms. The van der Waals surface area contributed by atoms with Crippen molar-refractivity contribution < 1.29 is 0 Å². The summed E-state index contributed by atoms with van der Waals surface area (Å²) in [6.45, 7) is 5.38. The van der Waals surface area contributed by atoms with Crippen LogP contribution in [0.1, 0.15) is 17.3 Å². The molecule has 1 atom stereocenters. The van der Waals surface area contributed by atoms with E-state index in [-0.39, 0.29) is 11.6 Å². The van der Waals surface area contributed by atoms with Crippen molar-refractivity contribution in [1.82, 2.24) is 4.98 Å². The number of rotatable bonds is 2. The standard InChI is InChI=1S/C9H12N2O/c1-3-8(10)7-4-6(2)11-9(12)5-7/h3-5,8H,1,10H2,2H3,(H,11,12). The molecule has 0 aliphatic heterocycles. The number of aromatic amines is 1. The lowest BCUT2D eigenvalue weighted by Crippen LogP contribution is -2.13. The van der Waals surface area contributed by atoms with Crippen molar-refractivity contribution in [1.29, 1.82) is 0 Å². The van der Waals surface area contributed by atoms with Crippen LogP contribution in [0.3, 0.4) is 0 Å². The minimum atomic E-state index is -0.258. The van der Waals surface area contributed by atoms with Crippen LogP contribution in [-0.4, -0.2) is 4.98 Å². The number of nitrogens with one attached hydrogen (secondary N) is 1. The number of pyridine rings is 1. The second-order valence-electron chi connectivity index (χ2n) is 2.72. The third-order valence-electron chi connectivity index (χ3n) is 1.64. The molecule has 3 heteroatoms. The van der Waals surface area contributed by atoms with E-state index in [9.17, 15) is 4.79 Å². The highest BCUT2D eigenvalue weighted by Crippen LogP contribution is 2.08. The molecule has 0 saturated carbocycles. The summed E-state index contributed by atoms with van der Waals surface area (Å²) in [5.41, 5.74) is 7.15. The Labute approximate surface area is 70.9 Å². The van der Waals surface area contributed by atoms with Crippen LogP contribution in [0.2, 0.25) is 0 Å². The summed E-state index contributed by atoms with van der Waals surface area (Å²) < 4.78 is 0. The van der Waals surface area contributed by atoms with Crippen LogP contribution < -0.4 is 11.3 Å². The van der Waals surface area contributed by atoms with Gasteiger partial charge in [-0.15, -0.1) is 6.58 Å². The monoisotopic (exact) mass is 164 g/mol. The molecule has 12 heavy (non-hydrogen) atoms. The number of hydrogen-bond donors (Lipinski definition) is 2. The van der Waals surface area contributed by atoms with Gasteiger partial charge in [-0.25, -0.2) is 0 Å². The zero-order valence-electron chi connectivity index (χ0n) is 7.00. The molecule has 0 spiro atoms. The summed E-state index contributed by atoms with van der Waals surface area (Å²) in [7, 11) is 0. The van der Waals surface area contributed by atoms with E-state index < -0.39 is 0 Å². The maximum absolute atomic E-state index is 11.0. The Kier molecular flexibility index (Phi) is 2.45.